The van der Waals surface area contributed by atoms with Crippen LogP contribution in [-0.2, 0) is 9.63 Å². The van der Waals surface area contributed by atoms with Crippen LogP contribution in [0.15, 0.2) is 0 Å². The molecule has 0 radical (unpaired) electrons. The zero-order valence-electron chi connectivity index (χ0n) is 7.42. The largest absolute Gasteiger partial charge is 1.00 e. The molecule has 12 heavy (non-hydrogen) atoms. The fraction of sp³-hybridized carbons (Fsp3) is 0.857. The summed E-state index contributed by atoms with van der Waals surface area (Å²) in [6.07, 6.45) is 2.11. The molecule has 1 unspecified atom stereocenters. The maximum atomic E-state index is 11.3. The van der Waals surface area contributed by atoms with E-state index in [-0.39, 0.29) is 28.9 Å². The zero-order valence-corrected chi connectivity index (χ0v) is 9.00. The van der Waals surface area contributed by atoms with E-state index < -0.39 is 0 Å². The summed E-state index contributed by atoms with van der Waals surface area (Å²) in [5, 5.41) is 3.37. The summed E-state index contributed by atoms with van der Waals surface area (Å²) in [5.74, 6) is 0.0741. The van der Waals surface area contributed by atoms with Crippen molar-refractivity contribution in [3.63, 3.8) is 0 Å². The molecule has 1 amide bonds. The highest BCUT2D eigenvalue weighted by molar-refractivity contribution is 5.79. The number of nitrogens with two attached hydrogens (primary N) is 1. The summed E-state index contributed by atoms with van der Waals surface area (Å²) < 4.78 is 0. The molecule has 0 aromatic rings. The molecule has 0 spiro atoms. The fourth-order valence-electron chi connectivity index (χ4n) is 1.32. The Morgan fingerprint density at radius 2 is 2.33 bits per heavy atom. The van der Waals surface area contributed by atoms with Crippen LogP contribution in [0.2, 0.25) is 0 Å². The van der Waals surface area contributed by atoms with Crippen molar-refractivity contribution in [3.8, 4) is 0 Å². The van der Waals surface area contributed by atoms with E-state index in [9.17, 15) is 4.79 Å². The highest BCUT2D eigenvalue weighted by Gasteiger charge is 2.28. The predicted molar refractivity (Wildman–Crippen MR) is 39.6 cm³/mol. The number of hydrogen-bond donors (Lipinski definition) is 1. The first kappa shape index (κ1) is 11.9. The van der Waals surface area contributed by atoms with Crippen molar-refractivity contribution in [1.82, 2.24) is 5.06 Å². The van der Waals surface area contributed by atoms with E-state index in [4.69, 9.17) is 4.84 Å². The molecular weight excluding hydrogens is 224 g/mol. The van der Waals surface area contributed by atoms with Gasteiger partial charge in [0.1, 0.15) is 0 Å². The number of amides is 1. The first-order valence-electron chi connectivity index (χ1n) is 3.90. The van der Waals surface area contributed by atoms with E-state index in [2.05, 4.69) is 5.32 Å². The van der Waals surface area contributed by atoms with Gasteiger partial charge in [-0.3, -0.25) is 9.63 Å². The Morgan fingerprint density at radius 3 is 2.75 bits per heavy atom. The van der Waals surface area contributed by atoms with Crippen LogP contribution in [0.3, 0.4) is 0 Å². The molecule has 0 aromatic carbocycles. The lowest BCUT2D eigenvalue weighted by molar-refractivity contribution is -0.658. The minimum atomic E-state index is 0. The van der Waals surface area contributed by atoms with Gasteiger partial charge in [-0.05, 0) is 0 Å². The van der Waals surface area contributed by atoms with Gasteiger partial charge >= 0.3 is 5.91 Å². The van der Waals surface area contributed by atoms with Gasteiger partial charge in [0.2, 0.25) is 0 Å². The number of hydroxylamine groups is 2. The van der Waals surface area contributed by atoms with E-state index in [0.29, 0.717) is 0 Å². The second-order valence-electron chi connectivity index (χ2n) is 2.79. The van der Waals surface area contributed by atoms with Gasteiger partial charge in [0, 0.05) is 19.9 Å². The lowest BCUT2D eigenvalue weighted by Crippen LogP contribution is -3.00. The smallest absolute Gasteiger partial charge is 0.303 e. The van der Waals surface area contributed by atoms with Crippen molar-refractivity contribution in [2.45, 2.75) is 18.9 Å². The third-order valence-corrected chi connectivity index (χ3v) is 2.07. The molecule has 72 valence electrons. The number of rotatable bonds is 2. The van der Waals surface area contributed by atoms with Crippen LogP contribution in [0.5, 0.6) is 0 Å². The van der Waals surface area contributed by atoms with Gasteiger partial charge in [0.15, 0.2) is 6.04 Å². The normalized spacial score (nSPS) is 21.7. The number of likely N-dealkylation sites (N-methyl/N-ethyl adjacent to an activating group) is 1. The molecule has 0 aliphatic carbocycles. The first-order chi connectivity index (χ1) is 5.25. The maximum Gasteiger partial charge on any atom is 0.303 e. The van der Waals surface area contributed by atoms with E-state index >= 15 is 0 Å². The van der Waals surface area contributed by atoms with Crippen LogP contribution in [-0.4, -0.2) is 37.7 Å². The molecule has 0 aromatic heterocycles. The number of quaternary nitrogens is 1. The van der Waals surface area contributed by atoms with Crippen LogP contribution >= 0.6 is 0 Å². The maximum absolute atomic E-state index is 11.3. The van der Waals surface area contributed by atoms with Crippen molar-refractivity contribution in [2.24, 2.45) is 0 Å². The third-order valence-electron chi connectivity index (χ3n) is 2.07. The van der Waals surface area contributed by atoms with Gasteiger partial charge in [-0.2, -0.15) is 0 Å². The predicted octanol–water partition coefficient (Wildman–Crippen LogP) is -4.26. The molecule has 1 aliphatic rings. The molecule has 1 saturated heterocycles. The second-order valence-corrected chi connectivity index (χ2v) is 2.79. The second kappa shape index (κ2) is 5.50. The highest BCUT2D eigenvalue weighted by atomic mass is 79.9. The van der Waals surface area contributed by atoms with E-state index in [1.165, 1.54) is 12.2 Å². The first-order valence-corrected chi connectivity index (χ1v) is 3.90. The number of halogens is 1. The van der Waals surface area contributed by atoms with E-state index in [0.717, 1.165) is 19.4 Å². The van der Waals surface area contributed by atoms with Gasteiger partial charge in [-0.25, -0.2) is 5.06 Å². The van der Waals surface area contributed by atoms with Gasteiger partial charge in [0.05, 0.1) is 13.7 Å². The van der Waals surface area contributed by atoms with Gasteiger partial charge in [-0.1, -0.05) is 0 Å². The third kappa shape index (κ3) is 2.73. The van der Waals surface area contributed by atoms with Gasteiger partial charge in [-0.15, -0.1) is 0 Å². The summed E-state index contributed by atoms with van der Waals surface area (Å²) in [5.41, 5.74) is 0. The fourth-order valence-corrected chi connectivity index (χ4v) is 1.32. The molecule has 0 saturated carbocycles. The Morgan fingerprint density at radius 1 is 1.67 bits per heavy atom. The molecular formula is C7H15BrN2O2. The topological polar surface area (TPSA) is 46.1 Å². The molecule has 1 atom stereocenters. The lowest BCUT2D eigenvalue weighted by Gasteiger charge is -2.15. The highest BCUT2D eigenvalue weighted by Crippen LogP contribution is 2.00. The van der Waals surface area contributed by atoms with Crippen molar-refractivity contribution in [3.05, 3.63) is 0 Å². The summed E-state index contributed by atoms with van der Waals surface area (Å²) in [4.78, 5) is 16.1. The number of nitrogens with zero attached hydrogens (tertiary/aromatic N) is 1. The van der Waals surface area contributed by atoms with E-state index in [1.807, 2.05) is 0 Å². The van der Waals surface area contributed by atoms with Crippen molar-refractivity contribution in [2.75, 3.05) is 20.7 Å². The van der Waals surface area contributed by atoms with Crippen molar-refractivity contribution in [1.29, 1.82) is 0 Å². The molecule has 1 rings (SSSR count). The summed E-state index contributed by atoms with van der Waals surface area (Å²) in [7, 11) is 3.15. The van der Waals surface area contributed by atoms with Crippen molar-refractivity contribution < 1.29 is 31.9 Å². The zero-order chi connectivity index (χ0) is 8.27. The Balaban J connectivity index is 0.00000121. The Hall–Kier alpha value is -0.130. The van der Waals surface area contributed by atoms with Gasteiger partial charge < -0.3 is 22.3 Å². The minimum Gasteiger partial charge on any atom is -1.00 e. The number of carbonyl (C=O) groups excluding carboxylic acids is 1. The molecule has 5 heteroatoms. The Kier molecular flexibility index (Phi) is 5.44. The molecule has 1 heterocycles. The molecule has 1 fully saturated rings. The Bertz CT molecular complexity index is 148. The molecule has 2 N–H and O–H groups in total. The average molecular weight is 239 g/mol. The average Bonchev–Trinajstić information content (AvgIpc) is 2.53. The summed E-state index contributed by atoms with van der Waals surface area (Å²) in [6.45, 7) is 1.06. The monoisotopic (exact) mass is 238 g/mol. The quantitative estimate of drug-likeness (QED) is 0.496. The SMILES string of the molecule is CON(C)C(=O)C1CCC[NH2+]1.[Br-]. The minimum absolute atomic E-state index is 0. The van der Waals surface area contributed by atoms with Gasteiger partial charge in [0.25, 0.3) is 0 Å². The van der Waals surface area contributed by atoms with Crippen LogP contribution in [0.4, 0.5) is 0 Å². The van der Waals surface area contributed by atoms with Crippen LogP contribution in [0.25, 0.3) is 0 Å². The standard InChI is InChI=1S/C7H14N2O2.BrH/c1-9(11-2)7(10)6-4-3-5-8-6;/h6,8H,3-5H2,1-2H3;1H. The summed E-state index contributed by atoms with van der Waals surface area (Å²) in [6, 6.07) is 0.0972. The van der Waals surface area contributed by atoms with Crippen LogP contribution < -0.4 is 22.3 Å². The molecule has 1 aliphatic heterocycles. The van der Waals surface area contributed by atoms with Crippen LogP contribution in [0.1, 0.15) is 12.8 Å². The van der Waals surface area contributed by atoms with Crippen molar-refractivity contribution >= 4 is 5.91 Å². The molecule has 4 nitrogen and oxygen atoms in total. The number of hydrogen-bond acceptors (Lipinski definition) is 2. The molecule has 0 bridgehead atoms. The number of carbonyl (C=O) groups is 1. The summed E-state index contributed by atoms with van der Waals surface area (Å²) >= 11 is 0. The van der Waals surface area contributed by atoms with Crippen LogP contribution in [0, 0.1) is 0 Å². The Labute approximate surface area is 83.0 Å². The van der Waals surface area contributed by atoms with E-state index in [1.54, 1.807) is 7.05 Å². The lowest BCUT2D eigenvalue weighted by atomic mass is 10.2.